The van der Waals surface area contributed by atoms with Crippen LogP contribution in [0.1, 0.15) is 35.7 Å². The zero-order chi connectivity index (χ0) is 23.5. The summed E-state index contributed by atoms with van der Waals surface area (Å²) in [5.41, 5.74) is 5.75. The van der Waals surface area contributed by atoms with Crippen LogP contribution in [0, 0.1) is 0 Å². The third kappa shape index (κ3) is 6.44. The average molecular weight is 447 g/mol. The lowest BCUT2D eigenvalue weighted by molar-refractivity contribution is -0.121. The van der Waals surface area contributed by atoms with Crippen molar-refractivity contribution in [2.75, 3.05) is 35.0 Å². The third-order valence-corrected chi connectivity index (χ3v) is 4.59. The summed E-state index contributed by atoms with van der Waals surface area (Å²) in [5, 5.41) is 0. The van der Waals surface area contributed by atoms with Crippen LogP contribution in [0.3, 0.4) is 0 Å². The molecule has 0 fully saturated rings. The first-order valence-electron chi connectivity index (χ1n) is 10.2. The molecule has 0 spiro atoms. The Morgan fingerprint density at radius 1 is 0.812 bits per heavy atom. The monoisotopic (exact) mass is 446 g/mol. The van der Waals surface area contributed by atoms with Crippen molar-refractivity contribution < 1.29 is 33.3 Å². The van der Waals surface area contributed by atoms with Crippen molar-refractivity contribution >= 4 is 11.8 Å². The Morgan fingerprint density at radius 2 is 1.47 bits per heavy atom. The lowest BCUT2D eigenvalue weighted by atomic mass is 10.1. The second-order valence-corrected chi connectivity index (χ2v) is 6.78. The Kier molecular flexibility index (Phi) is 9.46. The molecule has 9 nitrogen and oxygen atoms in total. The Bertz CT molecular complexity index is 906. The highest BCUT2D eigenvalue weighted by atomic mass is 16.5. The Labute approximate surface area is 187 Å². The molecule has 9 heteroatoms. The molecule has 2 N–H and O–H groups in total. The van der Waals surface area contributed by atoms with Crippen LogP contribution >= 0.6 is 0 Å². The fourth-order valence-electron chi connectivity index (χ4n) is 2.92. The quantitative estimate of drug-likeness (QED) is 0.404. The van der Waals surface area contributed by atoms with E-state index < -0.39 is 11.8 Å². The molecule has 0 aromatic heterocycles. The molecule has 0 aliphatic rings. The first-order chi connectivity index (χ1) is 15.5. The van der Waals surface area contributed by atoms with Gasteiger partial charge in [-0.2, -0.15) is 0 Å². The number of amides is 2. The zero-order valence-electron chi connectivity index (χ0n) is 19.1. The molecular weight excluding hydrogens is 416 g/mol. The second kappa shape index (κ2) is 12.3. The van der Waals surface area contributed by atoms with Crippen molar-refractivity contribution in [3.63, 3.8) is 0 Å². The van der Waals surface area contributed by atoms with Gasteiger partial charge in [-0.1, -0.05) is 13.3 Å². The summed E-state index contributed by atoms with van der Waals surface area (Å²) in [6, 6.07) is 8.17. The van der Waals surface area contributed by atoms with E-state index >= 15 is 0 Å². The molecule has 2 rings (SSSR count). The lowest BCUT2D eigenvalue weighted by Gasteiger charge is -2.14. The van der Waals surface area contributed by atoms with Crippen molar-refractivity contribution in [1.29, 1.82) is 0 Å². The van der Waals surface area contributed by atoms with E-state index in [1.165, 1.54) is 28.4 Å². The van der Waals surface area contributed by atoms with E-state index in [1.807, 2.05) is 0 Å². The number of carbonyl (C=O) groups is 2. The highest BCUT2D eigenvalue weighted by Crippen LogP contribution is 2.38. The van der Waals surface area contributed by atoms with Gasteiger partial charge in [0.05, 0.1) is 41.5 Å². The number of carbonyl (C=O) groups excluding carboxylic acids is 2. The van der Waals surface area contributed by atoms with Crippen LogP contribution in [-0.4, -0.2) is 46.9 Å². The van der Waals surface area contributed by atoms with E-state index in [9.17, 15) is 9.59 Å². The van der Waals surface area contributed by atoms with Gasteiger partial charge in [0.1, 0.15) is 0 Å². The number of nitrogens with one attached hydrogen (secondary N) is 2. The first kappa shape index (κ1) is 24.6. The van der Waals surface area contributed by atoms with Crippen molar-refractivity contribution in [3.05, 3.63) is 41.5 Å². The third-order valence-electron chi connectivity index (χ3n) is 4.59. The van der Waals surface area contributed by atoms with E-state index in [1.54, 1.807) is 30.3 Å². The minimum atomic E-state index is -0.485. The normalized spacial score (nSPS) is 10.2. The molecule has 0 aliphatic heterocycles. The van der Waals surface area contributed by atoms with Gasteiger partial charge in [0, 0.05) is 5.56 Å². The summed E-state index contributed by atoms with van der Waals surface area (Å²) in [4.78, 5) is 24.8. The molecule has 0 aliphatic carbocycles. The fourth-order valence-corrected chi connectivity index (χ4v) is 2.92. The fraction of sp³-hybridized carbons (Fsp3) is 0.391. The number of hydrogen-bond acceptors (Lipinski definition) is 7. The molecule has 0 heterocycles. The molecule has 32 heavy (non-hydrogen) atoms. The topological polar surface area (TPSA) is 104 Å². The molecular formula is C23H30N2O7. The first-order valence-corrected chi connectivity index (χ1v) is 10.2. The minimum absolute atomic E-state index is 0.00940. The maximum absolute atomic E-state index is 12.4. The lowest BCUT2D eigenvalue weighted by Crippen LogP contribution is -2.42. The highest BCUT2D eigenvalue weighted by molar-refractivity contribution is 5.96. The van der Waals surface area contributed by atoms with Crippen molar-refractivity contribution in [3.8, 4) is 28.7 Å². The van der Waals surface area contributed by atoms with E-state index in [0.717, 1.165) is 12.8 Å². The number of methoxy groups -OCH3 is 4. The van der Waals surface area contributed by atoms with E-state index in [0.29, 0.717) is 46.5 Å². The largest absolute Gasteiger partial charge is 0.493 e. The standard InChI is InChI=1S/C23H30N2O7/c1-6-7-10-32-17-9-8-16(14-18(17)28-2)23(27)25-24-21(26)13-15-11-19(29-3)22(31-5)20(12-15)30-4/h8-9,11-12,14H,6-7,10,13H2,1-5H3,(H,24,26)(H,25,27). The summed E-state index contributed by atoms with van der Waals surface area (Å²) in [6.07, 6.45) is 1.92. The highest BCUT2D eigenvalue weighted by Gasteiger charge is 2.16. The molecule has 0 radical (unpaired) electrons. The van der Waals surface area contributed by atoms with Gasteiger partial charge < -0.3 is 23.7 Å². The van der Waals surface area contributed by atoms with E-state index in [2.05, 4.69) is 17.8 Å². The van der Waals surface area contributed by atoms with E-state index in [-0.39, 0.29) is 6.42 Å². The molecule has 0 saturated heterocycles. The van der Waals surface area contributed by atoms with Gasteiger partial charge in [0.2, 0.25) is 11.7 Å². The summed E-state index contributed by atoms with van der Waals surface area (Å²) >= 11 is 0. The van der Waals surface area contributed by atoms with Crippen molar-refractivity contribution in [2.45, 2.75) is 26.2 Å². The summed E-state index contributed by atoms with van der Waals surface area (Å²) < 4.78 is 26.8. The number of hydrogen-bond donors (Lipinski definition) is 2. The van der Waals surface area contributed by atoms with Crippen LogP contribution in [0.5, 0.6) is 28.7 Å². The zero-order valence-corrected chi connectivity index (χ0v) is 19.1. The van der Waals surface area contributed by atoms with Crippen LogP contribution < -0.4 is 34.5 Å². The predicted molar refractivity (Wildman–Crippen MR) is 119 cm³/mol. The van der Waals surface area contributed by atoms with E-state index in [4.69, 9.17) is 23.7 Å². The smallest absolute Gasteiger partial charge is 0.269 e. The second-order valence-electron chi connectivity index (χ2n) is 6.78. The molecule has 0 unspecified atom stereocenters. The number of unbranched alkanes of at least 4 members (excludes halogenated alkanes) is 1. The van der Waals surface area contributed by atoms with Gasteiger partial charge in [0.25, 0.3) is 5.91 Å². The molecule has 2 aromatic carbocycles. The van der Waals surface area contributed by atoms with Gasteiger partial charge >= 0.3 is 0 Å². The molecule has 0 bridgehead atoms. The van der Waals surface area contributed by atoms with Gasteiger partial charge in [-0.15, -0.1) is 0 Å². The molecule has 0 saturated carbocycles. The molecule has 174 valence electrons. The SMILES string of the molecule is CCCCOc1ccc(C(=O)NNC(=O)Cc2cc(OC)c(OC)c(OC)c2)cc1OC. The summed E-state index contributed by atoms with van der Waals surface area (Å²) in [5.74, 6) is 1.41. The number of rotatable bonds is 11. The van der Waals surface area contributed by atoms with Crippen LogP contribution in [0.4, 0.5) is 0 Å². The van der Waals surface area contributed by atoms with Crippen LogP contribution in [0.25, 0.3) is 0 Å². The minimum Gasteiger partial charge on any atom is -0.493 e. The van der Waals surface area contributed by atoms with Crippen molar-refractivity contribution in [1.82, 2.24) is 10.9 Å². The van der Waals surface area contributed by atoms with Crippen molar-refractivity contribution in [2.24, 2.45) is 0 Å². The number of benzene rings is 2. The number of ether oxygens (including phenoxy) is 5. The Balaban J connectivity index is 2.00. The number of hydrazine groups is 1. The Morgan fingerprint density at radius 3 is 2.03 bits per heavy atom. The van der Waals surface area contributed by atoms with Gasteiger partial charge in [0.15, 0.2) is 23.0 Å². The Hall–Kier alpha value is -3.62. The maximum Gasteiger partial charge on any atom is 0.269 e. The summed E-state index contributed by atoms with van der Waals surface area (Å²) in [7, 11) is 6.00. The summed E-state index contributed by atoms with van der Waals surface area (Å²) in [6.45, 7) is 2.64. The predicted octanol–water partition coefficient (Wildman–Crippen LogP) is 2.90. The molecule has 2 amide bonds. The van der Waals surface area contributed by atoms with Gasteiger partial charge in [-0.25, -0.2) is 0 Å². The maximum atomic E-state index is 12.4. The molecule has 2 aromatic rings. The van der Waals surface area contributed by atoms with Gasteiger partial charge in [-0.3, -0.25) is 20.4 Å². The van der Waals surface area contributed by atoms with Crippen LogP contribution in [0.2, 0.25) is 0 Å². The molecule has 0 atom stereocenters. The van der Waals surface area contributed by atoms with Gasteiger partial charge in [-0.05, 0) is 42.3 Å². The van der Waals surface area contributed by atoms with Crippen LogP contribution in [0.15, 0.2) is 30.3 Å². The average Bonchev–Trinajstić information content (AvgIpc) is 2.81. The van der Waals surface area contributed by atoms with Crippen LogP contribution in [-0.2, 0) is 11.2 Å².